The number of carbonyl (C=O) groups excluding carboxylic acids is 1. The van der Waals surface area contributed by atoms with Gasteiger partial charge in [0.1, 0.15) is 5.82 Å². The molecule has 0 bridgehead atoms. The monoisotopic (exact) mass is 342 g/mol. The van der Waals surface area contributed by atoms with Crippen molar-refractivity contribution in [2.45, 2.75) is 0 Å². The maximum atomic E-state index is 12.0. The lowest BCUT2D eigenvalue weighted by Gasteiger charge is -2.04. The van der Waals surface area contributed by atoms with Gasteiger partial charge in [0.05, 0.1) is 16.9 Å². The molecule has 0 atom stereocenters. The number of benzene rings is 1. The van der Waals surface area contributed by atoms with Crippen LogP contribution in [0, 0.1) is 0 Å². The largest absolute Gasteiger partial charge is 0.395 e. The summed E-state index contributed by atoms with van der Waals surface area (Å²) in [5.74, 6) is 0.242. The molecule has 0 fully saturated rings. The van der Waals surface area contributed by atoms with Crippen LogP contribution in [0.15, 0.2) is 36.5 Å². The quantitative estimate of drug-likeness (QED) is 0.570. The minimum Gasteiger partial charge on any atom is -0.395 e. The fourth-order valence-electron chi connectivity index (χ4n) is 2.43. The van der Waals surface area contributed by atoms with Crippen LogP contribution in [0.3, 0.4) is 0 Å². The van der Waals surface area contributed by atoms with Gasteiger partial charge in [-0.3, -0.25) is 4.79 Å². The van der Waals surface area contributed by atoms with Crippen LogP contribution in [-0.4, -0.2) is 36.2 Å². The molecule has 0 aliphatic carbocycles. The summed E-state index contributed by atoms with van der Waals surface area (Å²) in [6.45, 7) is 0.604. The molecule has 0 saturated carbocycles. The summed E-state index contributed by atoms with van der Waals surface area (Å²) >= 11 is 1.52. The zero-order valence-corrected chi connectivity index (χ0v) is 14.0. The molecule has 0 spiro atoms. The van der Waals surface area contributed by atoms with Gasteiger partial charge in [0.25, 0.3) is 5.91 Å². The lowest BCUT2D eigenvalue weighted by atomic mass is 10.1. The Hall–Kier alpha value is -2.64. The number of aliphatic hydroxyl groups is 1. The molecule has 0 aliphatic heterocycles. The van der Waals surface area contributed by atoms with Crippen LogP contribution in [0.4, 0.5) is 11.5 Å². The van der Waals surface area contributed by atoms with E-state index in [1.165, 1.54) is 17.5 Å². The number of aliphatic hydroxyl groups excluding tert-OH is 1. The first kappa shape index (κ1) is 16.2. The van der Waals surface area contributed by atoms with Gasteiger partial charge in [-0.2, -0.15) is 0 Å². The number of nitrogen functional groups attached to an aromatic ring is 1. The second kappa shape index (κ2) is 6.86. The van der Waals surface area contributed by atoms with Gasteiger partial charge in [0, 0.05) is 35.7 Å². The third kappa shape index (κ3) is 3.04. The first-order valence-electron chi connectivity index (χ1n) is 7.49. The number of amides is 1. The van der Waals surface area contributed by atoms with E-state index < -0.39 is 0 Å². The summed E-state index contributed by atoms with van der Waals surface area (Å²) in [5, 5.41) is 15.4. The van der Waals surface area contributed by atoms with Gasteiger partial charge in [-0.1, -0.05) is 12.1 Å². The van der Waals surface area contributed by atoms with E-state index in [0.29, 0.717) is 17.9 Å². The molecule has 3 rings (SSSR count). The number of nitrogens with one attached hydrogen (secondary N) is 2. The second-order valence-corrected chi connectivity index (χ2v) is 6.27. The molecule has 0 saturated heterocycles. The standard InChI is InChI=1S/C17H18N4O2S/c1-19-17(23)13-9-21-16(18)12-8-14(24-15(12)13)10-2-4-11(5-3-10)20-6-7-22/h2-5,8-9,20,22H,6-7H2,1H3,(H2,18,21)(H,19,23). The van der Waals surface area contributed by atoms with Gasteiger partial charge in [0.15, 0.2) is 0 Å². The van der Waals surface area contributed by atoms with Gasteiger partial charge in [0.2, 0.25) is 0 Å². The Balaban J connectivity index is 2.01. The van der Waals surface area contributed by atoms with Gasteiger partial charge >= 0.3 is 0 Å². The lowest BCUT2D eigenvalue weighted by molar-refractivity contribution is 0.0964. The van der Waals surface area contributed by atoms with Crippen LogP contribution < -0.4 is 16.4 Å². The van der Waals surface area contributed by atoms with Gasteiger partial charge in [-0.15, -0.1) is 11.3 Å². The molecule has 0 aliphatic rings. The Morgan fingerprint density at radius 2 is 2.08 bits per heavy atom. The summed E-state index contributed by atoms with van der Waals surface area (Å²) in [6, 6.07) is 9.86. The van der Waals surface area contributed by atoms with E-state index in [0.717, 1.165) is 26.2 Å². The van der Waals surface area contributed by atoms with Crippen LogP contribution >= 0.6 is 11.3 Å². The normalized spacial score (nSPS) is 10.8. The molecule has 1 aromatic carbocycles. The van der Waals surface area contributed by atoms with Crippen molar-refractivity contribution in [3.05, 3.63) is 42.1 Å². The molecule has 2 aromatic heterocycles. The van der Waals surface area contributed by atoms with Gasteiger partial charge in [-0.25, -0.2) is 4.98 Å². The first-order valence-corrected chi connectivity index (χ1v) is 8.31. The third-order valence-electron chi connectivity index (χ3n) is 3.67. The Morgan fingerprint density at radius 3 is 2.75 bits per heavy atom. The van der Waals surface area contributed by atoms with E-state index in [1.54, 1.807) is 7.05 Å². The predicted octanol–water partition coefficient (Wildman–Crippen LogP) is 2.31. The molecule has 0 radical (unpaired) electrons. The van der Waals surface area contributed by atoms with E-state index >= 15 is 0 Å². The Labute approximate surface area is 143 Å². The molecule has 24 heavy (non-hydrogen) atoms. The van der Waals surface area contributed by atoms with Gasteiger partial charge < -0.3 is 21.5 Å². The van der Waals surface area contributed by atoms with Crippen LogP contribution in [0.5, 0.6) is 0 Å². The predicted molar refractivity (Wildman–Crippen MR) is 98.4 cm³/mol. The van der Waals surface area contributed by atoms with Crippen molar-refractivity contribution in [3.8, 4) is 10.4 Å². The van der Waals surface area contributed by atoms with Crippen molar-refractivity contribution in [1.29, 1.82) is 0 Å². The highest BCUT2D eigenvalue weighted by Crippen LogP contribution is 2.37. The first-order chi connectivity index (χ1) is 11.6. The molecule has 1 amide bonds. The van der Waals surface area contributed by atoms with Crippen LogP contribution in [0.2, 0.25) is 0 Å². The van der Waals surface area contributed by atoms with Crippen molar-refractivity contribution in [2.75, 3.05) is 31.2 Å². The molecular formula is C17H18N4O2S. The van der Waals surface area contributed by atoms with Crippen molar-refractivity contribution in [3.63, 3.8) is 0 Å². The molecule has 2 heterocycles. The fraction of sp³-hybridized carbons (Fsp3) is 0.176. The molecule has 7 heteroatoms. The average Bonchev–Trinajstić information content (AvgIpc) is 3.06. The number of fused-ring (bicyclic) bond motifs is 1. The minimum absolute atomic E-state index is 0.0899. The molecular weight excluding hydrogens is 324 g/mol. The minimum atomic E-state index is -0.176. The van der Waals surface area contributed by atoms with E-state index in [9.17, 15) is 4.79 Å². The highest BCUT2D eigenvalue weighted by atomic mass is 32.1. The Morgan fingerprint density at radius 1 is 1.33 bits per heavy atom. The number of carbonyl (C=O) groups is 1. The number of nitrogens with zero attached hydrogens (tertiary/aromatic N) is 1. The summed E-state index contributed by atoms with van der Waals surface area (Å²) in [7, 11) is 1.59. The zero-order valence-electron chi connectivity index (χ0n) is 13.2. The number of hydrogen-bond acceptors (Lipinski definition) is 6. The molecule has 6 nitrogen and oxygen atoms in total. The van der Waals surface area contributed by atoms with E-state index in [4.69, 9.17) is 10.8 Å². The molecule has 0 unspecified atom stereocenters. The number of thiophene rings is 1. The van der Waals surface area contributed by atoms with Gasteiger partial charge in [-0.05, 0) is 23.8 Å². The summed E-state index contributed by atoms with van der Waals surface area (Å²) in [4.78, 5) is 17.2. The molecule has 124 valence electrons. The smallest absolute Gasteiger partial charge is 0.254 e. The SMILES string of the molecule is CNC(=O)c1cnc(N)c2cc(-c3ccc(NCCO)cc3)sc12. The van der Waals surface area contributed by atoms with E-state index in [1.807, 2.05) is 30.3 Å². The number of nitrogens with two attached hydrogens (primary N) is 1. The van der Waals surface area contributed by atoms with Crippen molar-refractivity contribution in [1.82, 2.24) is 10.3 Å². The number of aromatic nitrogens is 1. The third-order valence-corrected chi connectivity index (χ3v) is 4.88. The van der Waals surface area contributed by atoms with Crippen molar-refractivity contribution < 1.29 is 9.90 Å². The summed E-state index contributed by atoms with van der Waals surface area (Å²) in [5.41, 5.74) is 8.47. The van der Waals surface area contributed by atoms with E-state index in [-0.39, 0.29) is 12.5 Å². The summed E-state index contributed by atoms with van der Waals surface area (Å²) < 4.78 is 0.833. The van der Waals surface area contributed by atoms with Crippen LogP contribution in [0.1, 0.15) is 10.4 Å². The highest BCUT2D eigenvalue weighted by Gasteiger charge is 2.15. The number of rotatable bonds is 5. The van der Waals surface area contributed by atoms with E-state index in [2.05, 4.69) is 15.6 Å². The maximum absolute atomic E-state index is 12.0. The second-order valence-electron chi connectivity index (χ2n) is 5.22. The molecule has 5 N–H and O–H groups in total. The topological polar surface area (TPSA) is 100 Å². The van der Waals surface area contributed by atoms with Crippen LogP contribution in [-0.2, 0) is 0 Å². The lowest BCUT2D eigenvalue weighted by Crippen LogP contribution is -2.18. The summed E-state index contributed by atoms with van der Waals surface area (Å²) in [6.07, 6.45) is 1.51. The zero-order chi connectivity index (χ0) is 17.1. The average molecular weight is 342 g/mol. The fourth-order valence-corrected chi connectivity index (χ4v) is 3.61. The number of anilines is 2. The van der Waals surface area contributed by atoms with Crippen molar-refractivity contribution >= 4 is 38.8 Å². The Kier molecular flexibility index (Phi) is 4.64. The highest BCUT2D eigenvalue weighted by molar-refractivity contribution is 7.22. The Bertz CT molecular complexity index is 874. The number of pyridine rings is 1. The van der Waals surface area contributed by atoms with Crippen molar-refractivity contribution in [2.24, 2.45) is 0 Å². The van der Waals surface area contributed by atoms with Crippen LogP contribution in [0.25, 0.3) is 20.5 Å². The number of hydrogen-bond donors (Lipinski definition) is 4. The molecule has 3 aromatic rings. The maximum Gasteiger partial charge on any atom is 0.254 e.